The second-order valence-electron chi connectivity index (χ2n) is 4.14. The van der Waals surface area contributed by atoms with Gasteiger partial charge in [0.2, 0.25) is 16.9 Å². The molecule has 0 aliphatic heterocycles. The molecular weight excluding hydrogens is 294 g/mol. The van der Waals surface area contributed by atoms with Crippen molar-refractivity contribution in [2.75, 3.05) is 31.9 Å². The highest BCUT2D eigenvalue weighted by Gasteiger charge is 2.15. The van der Waals surface area contributed by atoms with E-state index in [1.807, 2.05) is 0 Å². The molecule has 0 aliphatic carbocycles. The van der Waals surface area contributed by atoms with Gasteiger partial charge in [-0.2, -0.15) is 0 Å². The van der Waals surface area contributed by atoms with Crippen molar-refractivity contribution in [3.05, 3.63) is 18.4 Å². The third-order valence-electron chi connectivity index (χ3n) is 2.59. The molecule has 1 amide bonds. The molecule has 0 aromatic carbocycles. The predicted molar refractivity (Wildman–Crippen MR) is 78.1 cm³/mol. The van der Waals surface area contributed by atoms with E-state index >= 15 is 0 Å². The molecule has 2 aromatic rings. The minimum atomic E-state index is -0.0846. The molecule has 8 nitrogen and oxygen atoms in total. The van der Waals surface area contributed by atoms with Gasteiger partial charge in [-0.3, -0.25) is 4.79 Å². The predicted octanol–water partition coefficient (Wildman–Crippen LogP) is 0.497. The molecule has 0 radical (unpaired) electrons. The Labute approximate surface area is 126 Å². The normalized spacial score (nSPS) is 10.7. The summed E-state index contributed by atoms with van der Waals surface area (Å²) >= 11 is 1.22. The van der Waals surface area contributed by atoms with Crippen LogP contribution in [0, 0.1) is 0 Å². The van der Waals surface area contributed by atoms with E-state index < -0.39 is 0 Å². The first-order valence-electron chi connectivity index (χ1n) is 6.35. The second kappa shape index (κ2) is 7.70. The topological polar surface area (TPSA) is 108 Å². The molecule has 0 saturated carbocycles. The maximum Gasteiger partial charge on any atom is 0.230 e. The van der Waals surface area contributed by atoms with Gasteiger partial charge in [-0.1, -0.05) is 11.8 Å². The molecule has 0 bridgehead atoms. The molecule has 3 N–H and O–H groups in total. The van der Waals surface area contributed by atoms with Crippen LogP contribution in [0.5, 0.6) is 0 Å². The van der Waals surface area contributed by atoms with E-state index in [9.17, 15) is 4.79 Å². The number of nitrogens with two attached hydrogens (primary N) is 1. The Morgan fingerprint density at radius 3 is 3.14 bits per heavy atom. The van der Waals surface area contributed by atoms with Crippen molar-refractivity contribution in [2.24, 2.45) is 0 Å². The van der Waals surface area contributed by atoms with Gasteiger partial charge in [0.05, 0.1) is 12.0 Å². The number of furan rings is 1. The highest BCUT2D eigenvalue weighted by atomic mass is 32.2. The zero-order valence-electron chi connectivity index (χ0n) is 11.6. The van der Waals surface area contributed by atoms with Gasteiger partial charge in [0.15, 0.2) is 5.76 Å². The Hall–Kier alpha value is -2.00. The Kier molecular flexibility index (Phi) is 5.64. The molecule has 2 aromatic heterocycles. The number of methoxy groups -OCH3 is 1. The Morgan fingerprint density at radius 2 is 2.43 bits per heavy atom. The summed E-state index contributed by atoms with van der Waals surface area (Å²) in [6.45, 7) is 1.21. The number of amides is 1. The molecule has 0 unspecified atom stereocenters. The van der Waals surface area contributed by atoms with E-state index in [-0.39, 0.29) is 11.7 Å². The number of rotatable bonds is 8. The molecule has 0 aliphatic rings. The van der Waals surface area contributed by atoms with Gasteiger partial charge in [0, 0.05) is 20.3 Å². The van der Waals surface area contributed by atoms with E-state index in [4.69, 9.17) is 15.0 Å². The van der Waals surface area contributed by atoms with Crippen LogP contribution in [0.3, 0.4) is 0 Å². The SMILES string of the molecule is COCCCNC(=O)CSc1nnc(-c2ccco2)n1N. The van der Waals surface area contributed by atoms with Crippen LogP contribution in [0.2, 0.25) is 0 Å². The standard InChI is InChI=1S/C12H17N5O3S/c1-19-6-3-5-14-10(18)8-21-12-16-15-11(17(12)13)9-4-2-7-20-9/h2,4,7H,3,5-6,8,13H2,1H3,(H,14,18). The third kappa shape index (κ3) is 4.23. The van der Waals surface area contributed by atoms with Gasteiger partial charge >= 0.3 is 0 Å². The average molecular weight is 311 g/mol. The number of nitrogens with zero attached hydrogens (tertiary/aromatic N) is 3. The number of carbonyl (C=O) groups excluding carboxylic acids is 1. The van der Waals surface area contributed by atoms with Crippen molar-refractivity contribution in [2.45, 2.75) is 11.6 Å². The molecule has 0 spiro atoms. The molecule has 114 valence electrons. The Bertz CT molecular complexity index is 569. The quantitative estimate of drug-likeness (QED) is 0.415. The summed E-state index contributed by atoms with van der Waals surface area (Å²) in [6, 6.07) is 3.48. The summed E-state index contributed by atoms with van der Waals surface area (Å²) in [5.41, 5.74) is 0. The lowest BCUT2D eigenvalue weighted by molar-refractivity contribution is -0.118. The van der Waals surface area contributed by atoms with Crippen molar-refractivity contribution in [3.63, 3.8) is 0 Å². The van der Waals surface area contributed by atoms with Gasteiger partial charge < -0.3 is 20.3 Å². The number of hydrogen-bond acceptors (Lipinski definition) is 7. The van der Waals surface area contributed by atoms with Gasteiger partial charge in [0.1, 0.15) is 0 Å². The highest BCUT2D eigenvalue weighted by Crippen LogP contribution is 2.21. The van der Waals surface area contributed by atoms with Crippen LogP contribution in [0.1, 0.15) is 6.42 Å². The fraction of sp³-hybridized carbons (Fsp3) is 0.417. The van der Waals surface area contributed by atoms with Crippen LogP contribution in [-0.4, -0.2) is 46.8 Å². The van der Waals surface area contributed by atoms with E-state index in [0.29, 0.717) is 29.9 Å². The van der Waals surface area contributed by atoms with Gasteiger partial charge in [-0.25, -0.2) is 4.68 Å². The molecular formula is C12H17N5O3S. The third-order valence-corrected chi connectivity index (χ3v) is 3.53. The first kappa shape index (κ1) is 15.4. The maximum atomic E-state index is 11.6. The Morgan fingerprint density at radius 1 is 1.57 bits per heavy atom. The fourth-order valence-corrected chi connectivity index (χ4v) is 2.26. The summed E-state index contributed by atoms with van der Waals surface area (Å²) in [4.78, 5) is 11.6. The van der Waals surface area contributed by atoms with Gasteiger partial charge in [0.25, 0.3) is 0 Å². The molecule has 9 heteroatoms. The highest BCUT2D eigenvalue weighted by molar-refractivity contribution is 7.99. The van der Waals surface area contributed by atoms with Gasteiger partial charge in [-0.15, -0.1) is 10.2 Å². The van der Waals surface area contributed by atoms with Crippen LogP contribution in [0.4, 0.5) is 0 Å². The minimum absolute atomic E-state index is 0.0846. The summed E-state index contributed by atoms with van der Waals surface area (Å²) < 4.78 is 11.4. The van der Waals surface area contributed by atoms with Crippen molar-refractivity contribution >= 4 is 17.7 Å². The van der Waals surface area contributed by atoms with Crippen LogP contribution in [0.15, 0.2) is 28.0 Å². The number of nitrogens with one attached hydrogen (secondary N) is 1. The van der Waals surface area contributed by atoms with Crippen LogP contribution < -0.4 is 11.2 Å². The monoisotopic (exact) mass is 311 g/mol. The van der Waals surface area contributed by atoms with Crippen molar-refractivity contribution < 1.29 is 13.9 Å². The first-order valence-corrected chi connectivity index (χ1v) is 7.33. The summed E-state index contributed by atoms with van der Waals surface area (Å²) in [7, 11) is 1.63. The van der Waals surface area contributed by atoms with E-state index in [1.165, 1.54) is 22.7 Å². The number of carbonyl (C=O) groups is 1. The van der Waals surface area contributed by atoms with E-state index in [2.05, 4.69) is 15.5 Å². The fourth-order valence-electron chi connectivity index (χ4n) is 1.57. The van der Waals surface area contributed by atoms with Crippen LogP contribution >= 0.6 is 11.8 Å². The molecule has 2 rings (SSSR count). The summed E-state index contributed by atoms with van der Waals surface area (Å²) in [5, 5.41) is 11.1. The van der Waals surface area contributed by atoms with Gasteiger partial charge in [-0.05, 0) is 18.6 Å². The van der Waals surface area contributed by atoms with Crippen molar-refractivity contribution in [3.8, 4) is 11.6 Å². The summed E-state index contributed by atoms with van der Waals surface area (Å²) in [6.07, 6.45) is 2.31. The number of hydrogen-bond donors (Lipinski definition) is 2. The summed E-state index contributed by atoms with van der Waals surface area (Å²) in [5.74, 6) is 6.97. The van der Waals surface area contributed by atoms with Crippen LogP contribution in [0.25, 0.3) is 11.6 Å². The Balaban J connectivity index is 1.83. The van der Waals surface area contributed by atoms with E-state index in [1.54, 1.807) is 19.2 Å². The lowest BCUT2D eigenvalue weighted by Gasteiger charge is -2.04. The minimum Gasteiger partial charge on any atom is -0.461 e. The largest absolute Gasteiger partial charge is 0.461 e. The molecule has 2 heterocycles. The lowest BCUT2D eigenvalue weighted by Crippen LogP contribution is -2.27. The van der Waals surface area contributed by atoms with Crippen molar-refractivity contribution in [1.29, 1.82) is 0 Å². The number of ether oxygens (including phenoxy) is 1. The molecule has 21 heavy (non-hydrogen) atoms. The maximum absolute atomic E-state index is 11.6. The smallest absolute Gasteiger partial charge is 0.230 e. The zero-order chi connectivity index (χ0) is 15.1. The molecule has 0 atom stereocenters. The first-order chi connectivity index (χ1) is 10.2. The molecule has 0 saturated heterocycles. The lowest BCUT2D eigenvalue weighted by atomic mass is 10.4. The zero-order valence-corrected chi connectivity index (χ0v) is 12.4. The number of aromatic nitrogens is 3. The number of nitrogen functional groups attached to an aromatic ring is 1. The van der Waals surface area contributed by atoms with Crippen LogP contribution in [-0.2, 0) is 9.53 Å². The van der Waals surface area contributed by atoms with E-state index in [0.717, 1.165) is 6.42 Å². The van der Waals surface area contributed by atoms with Crippen molar-refractivity contribution in [1.82, 2.24) is 20.2 Å². The number of thioether (sulfide) groups is 1. The second-order valence-corrected chi connectivity index (χ2v) is 5.08. The molecule has 0 fully saturated rings. The average Bonchev–Trinajstić information content (AvgIpc) is 3.11.